The van der Waals surface area contributed by atoms with Crippen molar-refractivity contribution in [3.63, 3.8) is 0 Å². The molecule has 1 aromatic carbocycles. The molecule has 0 aliphatic heterocycles. The van der Waals surface area contributed by atoms with Gasteiger partial charge in [0.1, 0.15) is 12.1 Å². The molecule has 0 spiro atoms. The highest BCUT2D eigenvalue weighted by Crippen LogP contribution is 2.26. The maximum atomic E-state index is 12.9. The molecule has 4 nitrogen and oxygen atoms in total. The van der Waals surface area contributed by atoms with Crippen LogP contribution < -0.4 is 0 Å². The maximum Gasteiger partial charge on any atom is 0.309 e. The van der Waals surface area contributed by atoms with Gasteiger partial charge in [0.2, 0.25) is 0 Å². The SMILES string of the molecule is COC(=O)C(CC=O)CC(OC)c1ccc(F)cc1. The molecule has 0 aromatic heterocycles. The van der Waals surface area contributed by atoms with Crippen LogP contribution in [0.15, 0.2) is 24.3 Å². The Balaban J connectivity index is 2.81. The van der Waals surface area contributed by atoms with Crippen molar-refractivity contribution < 1.29 is 23.5 Å². The fourth-order valence-electron chi connectivity index (χ4n) is 1.88. The van der Waals surface area contributed by atoms with Gasteiger partial charge in [-0.15, -0.1) is 0 Å². The zero-order chi connectivity index (χ0) is 14.3. The fourth-order valence-corrected chi connectivity index (χ4v) is 1.88. The zero-order valence-electron chi connectivity index (χ0n) is 11.0. The van der Waals surface area contributed by atoms with Crippen molar-refractivity contribution in [2.45, 2.75) is 18.9 Å². The second kappa shape index (κ2) is 7.63. The molecule has 0 saturated heterocycles. The molecular weight excluding hydrogens is 251 g/mol. The molecule has 0 aliphatic rings. The third-order valence-corrected chi connectivity index (χ3v) is 2.94. The molecule has 5 heteroatoms. The zero-order valence-corrected chi connectivity index (χ0v) is 11.0. The molecule has 0 radical (unpaired) electrons. The van der Waals surface area contributed by atoms with E-state index in [0.29, 0.717) is 12.7 Å². The minimum Gasteiger partial charge on any atom is -0.469 e. The standard InChI is InChI=1S/C14H17FO4/c1-18-13(10-3-5-12(15)6-4-10)9-11(7-8-16)14(17)19-2/h3-6,8,11,13H,7,9H2,1-2H3. The lowest BCUT2D eigenvalue weighted by Crippen LogP contribution is -2.20. The molecule has 104 valence electrons. The van der Waals surface area contributed by atoms with Crippen LogP contribution in [-0.2, 0) is 19.1 Å². The summed E-state index contributed by atoms with van der Waals surface area (Å²) in [5, 5.41) is 0. The number of carbonyl (C=O) groups is 2. The predicted octanol–water partition coefficient (Wildman–Crippen LogP) is 2.28. The molecule has 1 rings (SSSR count). The summed E-state index contributed by atoms with van der Waals surface area (Å²) >= 11 is 0. The number of benzene rings is 1. The fraction of sp³-hybridized carbons (Fsp3) is 0.429. The number of ether oxygens (including phenoxy) is 2. The van der Waals surface area contributed by atoms with Gasteiger partial charge in [0.05, 0.1) is 19.1 Å². The van der Waals surface area contributed by atoms with Gasteiger partial charge in [-0.1, -0.05) is 12.1 Å². The van der Waals surface area contributed by atoms with E-state index in [9.17, 15) is 14.0 Å². The second-order valence-electron chi connectivity index (χ2n) is 4.13. The van der Waals surface area contributed by atoms with Crippen LogP contribution >= 0.6 is 0 Å². The number of hydrogen-bond donors (Lipinski definition) is 0. The molecule has 0 bridgehead atoms. The summed E-state index contributed by atoms with van der Waals surface area (Å²) in [5.74, 6) is -1.34. The van der Waals surface area contributed by atoms with Crippen LogP contribution in [-0.4, -0.2) is 26.5 Å². The Morgan fingerprint density at radius 2 is 1.95 bits per heavy atom. The highest BCUT2D eigenvalue weighted by molar-refractivity contribution is 5.75. The van der Waals surface area contributed by atoms with E-state index < -0.39 is 11.9 Å². The summed E-state index contributed by atoms with van der Waals surface area (Å²) in [4.78, 5) is 22.1. The van der Waals surface area contributed by atoms with Crippen molar-refractivity contribution in [1.82, 2.24) is 0 Å². The Morgan fingerprint density at radius 3 is 2.42 bits per heavy atom. The van der Waals surface area contributed by atoms with E-state index in [-0.39, 0.29) is 18.3 Å². The Kier molecular flexibility index (Phi) is 6.15. The second-order valence-corrected chi connectivity index (χ2v) is 4.13. The van der Waals surface area contributed by atoms with Gasteiger partial charge < -0.3 is 14.3 Å². The van der Waals surface area contributed by atoms with Gasteiger partial charge in [0.15, 0.2) is 0 Å². The van der Waals surface area contributed by atoms with Gasteiger partial charge in [0, 0.05) is 13.5 Å². The van der Waals surface area contributed by atoms with E-state index in [1.165, 1.54) is 26.4 Å². The van der Waals surface area contributed by atoms with E-state index in [2.05, 4.69) is 4.74 Å². The van der Waals surface area contributed by atoms with Crippen LogP contribution in [0.5, 0.6) is 0 Å². The van der Waals surface area contributed by atoms with Gasteiger partial charge in [0.25, 0.3) is 0 Å². The molecule has 0 N–H and O–H groups in total. The summed E-state index contributed by atoms with van der Waals surface area (Å²) in [6.45, 7) is 0. The number of methoxy groups -OCH3 is 2. The van der Waals surface area contributed by atoms with E-state index in [1.807, 2.05) is 0 Å². The molecule has 1 aromatic rings. The lowest BCUT2D eigenvalue weighted by molar-refractivity contribution is -0.147. The minimum absolute atomic E-state index is 0.0771. The van der Waals surface area contributed by atoms with Gasteiger partial charge in [-0.3, -0.25) is 4.79 Å². The topological polar surface area (TPSA) is 52.6 Å². The third kappa shape index (κ3) is 4.44. The average Bonchev–Trinajstić information content (AvgIpc) is 2.43. The maximum absolute atomic E-state index is 12.9. The molecule has 0 aliphatic carbocycles. The smallest absolute Gasteiger partial charge is 0.309 e. The minimum atomic E-state index is -0.558. The van der Waals surface area contributed by atoms with E-state index in [1.54, 1.807) is 12.1 Å². The number of hydrogen-bond acceptors (Lipinski definition) is 4. The molecule has 0 heterocycles. The van der Waals surface area contributed by atoms with E-state index >= 15 is 0 Å². The Labute approximate surface area is 111 Å². The first-order chi connectivity index (χ1) is 9.12. The van der Waals surface area contributed by atoms with Gasteiger partial charge in [-0.25, -0.2) is 4.39 Å². The molecule has 2 unspecified atom stereocenters. The molecule has 2 atom stereocenters. The molecule has 19 heavy (non-hydrogen) atoms. The number of halogens is 1. The van der Waals surface area contributed by atoms with Crippen LogP contribution in [0.1, 0.15) is 24.5 Å². The number of rotatable bonds is 7. The van der Waals surface area contributed by atoms with E-state index in [0.717, 1.165) is 5.56 Å². The van der Waals surface area contributed by atoms with Crippen molar-refractivity contribution >= 4 is 12.3 Å². The average molecular weight is 268 g/mol. The number of aldehydes is 1. The van der Waals surface area contributed by atoms with Crippen LogP contribution in [0.4, 0.5) is 4.39 Å². The highest BCUT2D eigenvalue weighted by Gasteiger charge is 2.24. The van der Waals surface area contributed by atoms with Gasteiger partial charge in [-0.05, 0) is 24.1 Å². The summed E-state index contributed by atoms with van der Waals surface area (Å²) in [6.07, 6.45) is 0.685. The summed E-state index contributed by atoms with van der Waals surface area (Å²) in [7, 11) is 2.78. The first-order valence-corrected chi connectivity index (χ1v) is 5.92. The number of carbonyl (C=O) groups excluding carboxylic acids is 2. The third-order valence-electron chi connectivity index (χ3n) is 2.94. The summed E-state index contributed by atoms with van der Waals surface area (Å²) in [6, 6.07) is 5.85. The first kappa shape index (κ1) is 15.3. The lowest BCUT2D eigenvalue weighted by atomic mass is 9.94. The van der Waals surface area contributed by atoms with Gasteiger partial charge in [-0.2, -0.15) is 0 Å². The monoisotopic (exact) mass is 268 g/mol. The highest BCUT2D eigenvalue weighted by atomic mass is 19.1. The normalized spacial score (nSPS) is 13.6. The summed E-state index contributed by atoms with van der Waals surface area (Å²) in [5.41, 5.74) is 0.753. The van der Waals surface area contributed by atoms with Crippen molar-refractivity contribution in [2.75, 3.05) is 14.2 Å². The van der Waals surface area contributed by atoms with Crippen molar-refractivity contribution in [3.05, 3.63) is 35.6 Å². The molecule has 0 fully saturated rings. The van der Waals surface area contributed by atoms with Crippen LogP contribution in [0.3, 0.4) is 0 Å². The first-order valence-electron chi connectivity index (χ1n) is 5.92. The largest absolute Gasteiger partial charge is 0.469 e. The van der Waals surface area contributed by atoms with Crippen LogP contribution in [0.2, 0.25) is 0 Å². The van der Waals surface area contributed by atoms with E-state index in [4.69, 9.17) is 4.74 Å². The molecule has 0 saturated carbocycles. The van der Waals surface area contributed by atoms with Crippen LogP contribution in [0.25, 0.3) is 0 Å². The van der Waals surface area contributed by atoms with Crippen molar-refractivity contribution in [2.24, 2.45) is 5.92 Å². The molecular formula is C14H17FO4. The van der Waals surface area contributed by atoms with Gasteiger partial charge >= 0.3 is 5.97 Å². The Morgan fingerprint density at radius 1 is 1.32 bits per heavy atom. The Bertz CT molecular complexity index is 416. The summed E-state index contributed by atoms with van der Waals surface area (Å²) < 4.78 is 22.8. The van der Waals surface area contributed by atoms with Crippen molar-refractivity contribution in [1.29, 1.82) is 0 Å². The van der Waals surface area contributed by atoms with Crippen LogP contribution in [0, 0.1) is 11.7 Å². The Hall–Kier alpha value is -1.75. The predicted molar refractivity (Wildman–Crippen MR) is 67.0 cm³/mol. The lowest BCUT2D eigenvalue weighted by Gasteiger charge is -2.20. The molecule has 0 amide bonds. The van der Waals surface area contributed by atoms with Crippen molar-refractivity contribution in [3.8, 4) is 0 Å². The number of esters is 1. The quantitative estimate of drug-likeness (QED) is 0.562.